The Hall–Kier alpha value is -1.64. The minimum Gasteiger partial charge on any atom is -0.383 e. The van der Waals surface area contributed by atoms with Crippen molar-refractivity contribution in [3.63, 3.8) is 0 Å². The largest absolute Gasteiger partial charge is 0.383 e. The molecule has 0 bridgehead atoms. The molecule has 0 aliphatic heterocycles. The van der Waals surface area contributed by atoms with Crippen molar-refractivity contribution in [3.05, 3.63) is 36.0 Å². The third-order valence-corrected chi connectivity index (χ3v) is 3.77. The van der Waals surface area contributed by atoms with Crippen LogP contribution in [-0.4, -0.2) is 10.8 Å². The summed E-state index contributed by atoms with van der Waals surface area (Å²) in [4.78, 5) is 15.9. The highest BCUT2D eigenvalue weighted by atomic mass is 16.1. The third kappa shape index (κ3) is 2.78. The predicted molar refractivity (Wildman–Crippen MR) is 73.2 cm³/mol. The summed E-state index contributed by atoms with van der Waals surface area (Å²) in [6, 6.07) is 3.99. The zero-order valence-corrected chi connectivity index (χ0v) is 10.8. The number of nitrogens with zero attached hydrogens (tertiary/aromatic N) is 1. The van der Waals surface area contributed by atoms with Crippen molar-refractivity contribution in [3.8, 4) is 0 Å². The summed E-state index contributed by atoms with van der Waals surface area (Å²) in [5.41, 5.74) is 7.05. The second-order valence-corrected chi connectivity index (χ2v) is 4.93. The first kappa shape index (κ1) is 12.8. The number of allylic oxidation sites excluding steroid dienone is 2. The molecule has 0 spiro atoms. The van der Waals surface area contributed by atoms with Crippen molar-refractivity contribution in [2.45, 2.75) is 38.5 Å². The Morgan fingerprint density at radius 2 is 2.11 bits per heavy atom. The van der Waals surface area contributed by atoms with E-state index in [-0.39, 0.29) is 11.7 Å². The summed E-state index contributed by atoms with van der Waals surface area (Å²) in [5, 5.41) is 0. The molecule has 2 rings (SSSR count). The Kier molecular flexibility index (Phi) is 4.13. The van der Waals surface area contributed by atoms with Crippen LogP contribution in [0, 0.1) is 5.92 Å². The van der Waals surface area contributed by atoms with Crippen LogP contribution in [0.2, 0.25) is 0 Å². The lowest BCUT2D eigenvalue weighted by atomic mass is 9.77. The fraction of sp³-hybridized carbons (Fsp3) is 0.467. The van der Waals surface area contributed by atoms with E-state index in [0.29, 0.717) is 11.7 Å². The quantitative estimate of drug-likeness (QED) is 0.831. The molecule has 18 heavy (non-hydrogen) atoms. The van der Waals surface area contributed by atoms with E-state index in [1.807, 2.05) is 19.1 Å². The Morgan fingerprint density at radius 3 is 2.72 bits per heavy atom. The number of hydrogen-bond acceptors (Lipinski definition) is 3. The molecule has 3 nitrogen and oxygen atoms in total. The number of rotatable bonds is 3. The molecule has 1 aromatic rings. The normalized spacial score (nSPS) is 24.3. The van der Waals surface area contributed by atoms with Gasteiger partial charge >= 0.3 is 0 Å². The van der Waals surface area contributed by atoms with Crippen LogP contribution in [0.25, 0.3) is 0 Å². The lowest BCUT2D eigenvalue weighted by Crippen LogP contribution is -2.20. The van der Waals surface area contributed by atoms with Crippen molar-refractivity contribution in [1.82, 2.24) is 4.98 Å². The molecule has 0 amide bonds. The van der Waals surface area contributed by atoms with E-state index in [1.54, 1.807) is 12.3 Å². The SMILES string of the molecule is C/C=C/C(=O)[C@H]1CC[C@H](c2cccnc2N)CC1. The smallest absolute Gasteiger partial charge is 0.158 e. The van der Waals surface area contributed by atoms with Gasteiger partial charge in [-0.2, -0.15) is 0 Å². The van der Waals surface area contributed by atoms with Gasteiger partial charge in [0.25, 0.3) is 0 Å². The van der Waals surface area contributed by atoms with Crippen LogP contribution in [0.15, 0.2) is 30.5 Å². The summed E-state index contributed by atoms with van der Waals surface area (Å²) in [6.07, 6.45) is 9.23. The number of ketones is 1. The molecule has 0 atom stereocenters. The minimum atomic E-state index is 0.204. The maximum Gasteiger partial charge on any atom is 0.158 e. The maximum atomic E-state index is 11.8. The van der Waals surface area contributed by atoms with Gasteiger partial charge in [0.1, 0.15) is 5.82 Å². The molecular formula is C15H20N2O. The average molecular weight is 244 g/mol. The van der Waals surface area contributed by atoms with Gasteiger partial charge in [-0.05, 0) is 56.2 Å². The van der Waals surface area contributed by atoms with Crippen LogP contribution in [-0.2, 0) is 4.79 Å². The molecule has 1 aliphatic carbocycles. The van der Waals surface area contributed by atoms with Gasteiger partial charge in [-0.25, -0.2) is 4.98 Å². The Bertz CT molecular complexity index is 446. The fourth-order valence-corrected chi connectivity index (χ4v) is 2.76. The van der Waals surface area contributed by atoms with Gasteiger partial charge < -0.3 is 5.73 Å². The van der Waals surface area contributed by atoms with Crippen molar-refractivity contribution in [2.24, 2.45) is 5.92 Å². The number of nitrogen functional groups attached to an aromatic ring is 1. The molecule has 1 aliphatic rings. The second-order valence-electron chi connectivity index (χ2n) is 4.93. The summed E-state index contributed by atoms with van der Waals surface area (Å²) >= 11 is 0. The highest BCUT2D eigenvalue weighted by Gasteiger charge is 2.26. The summed E-state index contributed by atoms with van der Waals surface area (Å²) < 4.78 is 0. The van der Waals surface area contributed by atoms with E-state index >= 15 is 0 Å². The average Bonchev–Trinajstić information content (AvgIpc) is 2.40. The highest BCUT2D eigenvalue weighted by molar-refractivity contribution is 5.91. The van der Waals surface area contributed by atoms with Crippen LogP contribution in [0.3, 0.4) is 0 Å². The third-order valence-electron chi connectivity index (χ3n) is 3.77. The second kappa shape index (κ2) is 5.80. The number of nitrogens with two attached hydrogens (primary N) is 1. The lowest BCUT2D eigenvalue weighted by Gasteiger charge is -2.27. The number of carbonyl (C=O) groups excluding carboxylic acids is 1. The fourth-order valence-electron chi connectivity index (χ4n) is 2.76. The molecule has 1 heterocycles. The first-order valence-corrected chi connectivity index (χ1v) is 6.59. The van der Waals surface area contributed by atoms with Crippen molar-refractivity contribution in [1.29, 1.82) is 0 Å². The van der Waals surface area contributed by atoms with E-state index in [0.717, 1.165) is 31.2 Å². The van der Waals surface area contributed by atoms with Gasteiger partial charge in [0.2, 0.25) is 0 Å². The van der Waals surface area contributed by atoms with Gasteiger partial charge in [-0.15, -0.1) is 0 Å². The van der Waals surface area contributed by atoms with Crippen LogP contribution in [0.1, 0.15) is 44.1 Å². The first-order chi connectivity index (χ1) is 8.72. The molecule has 1 fully saturated rings. The van der Waals surface area contributed by atoms with E-state index < -0.39 is 0 Å². The van der Waals surface area contributed by atoms with Crippen LogP contribution in [0.5, 0.6) is 0 Å². The van der Waals surface area contributed by atoms with Gasteiger partial charge in [-0.3, -0.25) is 4.79 Å². The molecule has 0 aromatic carbocycles. The van der Waals surface area contributed by atoms with Crippen LogP contribution in [0.4, 0.5) is 5.82 Å². The number of pyridine rings is 1. The van der Waals surface area contributed by atoms with Gasteiger partial charge in [-0.1, -0.05) is 12.1 Å². The molecule has 0 saturated heterocycles. The standard InChI is InChI=1S/C15H20N2O/c1-2-4-14(18)12-8-6-11(7-9-12)13-5-3-10-17-15(13)16/h2-5,10-12H,6-9H2,1H3,(H2,16,17)/b4-2+/t11-,12-. The molecule has 0 radical (unpaired) electrons. The molecule has 2 N–H and O–H groups in total. The highest BCUT2D eigenvalue weighted by Crippen LogP contribution is 2.37. The van der Waals surface area contributed by atoms with Crippen molar-refractivity contribution in [2.75, 3.05) is 5.73 Å². The topological polar surface area (TPSA) is 56.0 Å². The molecule has 1 saturated carbocycles. The molecular weight excluding hydrogens is 224 g/mol. The first-order valence-electron chi connectivity index (χ1n) is 6.59. The number of carbonyl (C=O) groups is 1. The maximum absolute atomic E-state index is 11.8. The lowest BCUT2D eigenvalue weighted by molar-refractivity contribution is -0.119. The predicted octanol–water partition coefficient (Wildman–Crippen LogP) is 3.08. The Morgan fingerprint density at radius 1 is 1.39 bits per heavy atom. The Labute approximate surface area is 108 Å². The van der Waals surface area contributed by atoms with E-state index in [9.17, 15) is 4.79 Å². The molecule has 96 valence electrons. The zero-order chi connectivity index (χ0) is 13.0. The number of aromatic nitrogens is 1. The van der Waals surface area contributed by atoms with Crippen molar-refractivity contribution >= 4 is 11.6 Å². The summed E-state index contributed by atoms with van der Waals surface area (Å²) in [7, 11) is 0. The Balaban J connectivity index is 1.99. The van der Waals surface area contributed by atoms with Gasteiger partial charge in [0.15, 0.2) is 5.78 Å². The van der Waals surface area contributed by atoms with E-state index in [2.05, 4.69) is 11.1 Å². The minimum absolute atomic E-state index is 0.204. The summed E-state index contributed by atoms with van der Waals surface area (Å²) in [5.74, 6) is 1.58. The van der Waals surface area contributed by atoms with E-state index in [4.69, 9.17) is 5.73 Å². The van der Waals surface area contributed by atoms with Crippen molar-refractivity contribution < 1.29 is 4.79 Å². The van der Waals surface area contributed by atoms with E-state index in [1.165, 1.54) is 0 Å². The van der Waals surface area contributed by atoms with Crippen LogP contribution < -0.4 is 5.73 Å². The monoisotopic (exact) mass is 244 g/mol. The zero-order valence-electron chi connectivity index (χ0n) is 10.8. The molecule has 1 aromatic heterocycles. The van der Waals surface area contributed by atoms with Gasteiger partial charge in [0.05, 0.1) is 0 Å². The van der Waals surface area contributed by atoms with Crippen LogP contribution >= 0.6 is 0 Å². The summed E-state index contributed by atoms with van der Waals surface area (Å²) in [6.45, 7) is 1.89. The molecule has 0 unspecified atom stereocenters. The number of anilines is 1. The van der Waals surface area contributed by atoms with Gasteiger partial charge in [0, 0.05) is 12.1 Å². The molecule has 3 heteroatoms. The number of hydrogen-bond donors (Lipinski definition) is 1.